The summed E-state index contributed by atoms with van der Waals surface area (Å²) in [6.45, 7) is 4.02. The van der Waals surface area contributed by atoms with E-state index in [4.69, 9.17) is 16.6 Å². The molecule has 120 valence electrons. The molecule has 0 saturated heterocycles. The number of anilines is 1. The highest BCUT2D eigenvalue weighted by molar-refractivity contribution is 6.43. The molecule has 0 radical (unpaired) electrons. The summed E-state index contributed by atoms with van der Waals surface area (Å²) in [7, 11) is 0. The van der Waals surface area contributed by atoms with Gasteiger partial charge in [-0.2, -0.15) is 0 Å². The molecule has 1 aromatic heterocycles. The van der Waals surface area contributed by atoms with Crippen LogP contribution in [0.1, 0.15) is 25.0 Å². The van der Waals surface area contributed by atoms with Crippen LogP contribution in [0.4, 0.5) is 5.82 Å². The van der Waals surface area contributed by atoms with Crippen LogP contribution in [0.3, 0.4) is 0 Å². The lowest BCUT2D eigenvalue weighted by Gasteiger charge is -2.26. The molecule has 1 amide bonds. The van der Waals surface area contributed by atoms with Gasteiger partial charge >= 0.3 is 0 Å². The van der Waals surface area contributed by atoms with Crippen LogP contribution >= 0.6 is 11.6 Å². The first kappa shape index (κ1) is 15.1. The summed E-state index contributed by atoms with van der Waals surface area (Å²) in [4.78, 5) is 23.7. The normalized spacial score (nSPS) is 19.1. The van der Waals surface area contributed by atoms with Crippen LogP contribution in [0.2, 0.25) is 5.02 Å². The number of amides is 1. The van der Waals surface area contributed by atoms with Crippen LogP contribution in [0, 0.1) is 5.92 Å². The first-order chi connectivity index (χ1) is 11.6. The van der Waals surface area contributed by atoms with Crippen LogP contribution in [0.25, 0.3) is 11.6 Å². The molecule has 2 aliphatic heterocycles. The van der Waals surface area contributed by atoms with Crippen molar-refractivity contribution in [1.82, 2.24) is 4.98 Å². The van der Waals surface area contributed by atoms with Crippen molar-refractivity contribution in [1.29, 1.82) is 0 Å². The summed E-state index contributed by atoms with van der Waals surface area (Å²) in [6.07, 6.45) is 3.74. The molecule has 0 fully saturated rings. The van der Waals surface area contributed by atoms with Crippen molar-refractivity contribution in [2.24, 2.45) is 10.9 Å². The van der Waals surface area contributed by atoms with Gasteiger partial charge in [0.15, 0.2) is 0 Å². The lowest BCUT2D eigenvalue weighted by atomic mass is 9.98. The quantitative estimate of drug-likeness (QED) is 0.829. The number of rotatable bonds is 2. The number of nitrogens with zero attached hydrogens (tertiary/aromatic N) is 3. The van der Waals surface area contributed by atoms with E-state index in [0.29, 0.717) is 16.7 Å². The summed E-state index contributed by atoms with van der Waals surface area (Å²) in [5.41, 5.74) is 2.82. The van der Waals surface area contributed by atoms with E-state index in [0.717, 1.165) is 16.7 Å². The molecule has 0 bridgehead atoms. The second-order valence-electron chi connectivity index (χ2n) is 6.30. The Morgan fingerprint density at radius 3 is 2.62 bits per heavy atom. The molecule has 1 unspecified atom stereocenters. The monoisotopic (exact) mass is 337 g/mol. The Balaban J connectivity index is 1.92. The van der Waals surface area contributed by atoms with Crippen molar-refractivity contribution < 1.29 is 4.79 Å². The number of fused-ring (bicyclic) bond motifs is 3. The Bertz CT molecular complexity index is 884. The molecule has 2 aromatic rings. The smallest absolute Gasteiger partial charge is 0.259 e. The van der Waals surface area contributed by atoms with Gasteiger partial charge in [0.25, 0.3) is 5.91 Å². The molecule has 24 heavy (non-hydrogen) atoms. The summed E-state index contributed by atoms with van der Waals surface area (Å²) in [5.74, 6) is 1.45. The molecule has 0 saturated carbocycles. The van der Waals surface area contributed by atoms with Gasteiger partial charge in [0.05, 0.1) is 0 Å². The van der Waals surface area contributed by atoms with Gasteiger partial charge in [-0.05, 0) is 41.8 Å². The first-order valence-corrected chi connectivity index (χ1v) is 8.29. The second-order valence-corrected chi connectivity index (χ2v) is 6.73. The molecule has 1 aromatic carbocycles. The molecule has 1 atom stereocenters. The maximum atomic E-state index is 12.9. The third-order valence-electron chi connectivity index (χ3n) is 4.30. The molecular weight excluding hydrogens is 322 g/mol. The Morgan fingerprint density at radius 2 is 1.92 bits per heavy atom. The fraction of sp³-hybridized carbons (Fsp3) is 0.211. The van der Waals surface area contributed by atoms with E-state index in [9.17, 15) is 4.79 Å². The van der Waals surface area contributed by atoms with Gasteiger partial charge in [-0.3, -0.25) is 9.79 Å². The van der Waals surface area contributed by atoms with E-state index >= 15 is 0 Å². The van der Waals surface area contributed by atoms with Crippen molar-refractivity contribution in [2.45, 2.75) is 19.9 Å². The van der Waals surface area contributed by atoms with Crippen LogP contribution in [-0.4, -0.2) is 22.8 Å². The highest BCUT2D eigenvalue weighted by atomic mass is 35.5. The molecule has 0 spiro atoms. The number of hydrogen-bond acceptors (Lipinski definition) is 3. The van der Waals surface area contributed by atoms with Gasteiger partial charge in [0, 0.05) is 22.4 Å². The van der Waals surface area contributed by atoms with Crippen molar-refractivity contribution in [2.75, 3.05) is 4.90 Å². The summed E-state index contributed by atoms with van der Waals surface area (Å²) < 4.78 is 0. The third kappa shape index (κ3) is 2.26. The Hall–Kier alpha value is -2.46. The van der Waals surface area contributed by atoms with Crippen molar-refractivity contribution in [3.05, 3.63) is 58.7 Å². The zero-order valence-electron chi connectivity index (χ0n) is 13.4. The van der Waals surface area contributed by atoms with Crippen molar-refractivity contribution in [3.63, 3.8) is 0 Å². The highest BCUT2D eigenvalue weighted by Gasteiger charge is 2.42. The fourth-order valence-electron chi connectivity index (χ4n) is 3.08. The number of aromatic nitrogens is 1. The minimum absolute atomic E-state index is 0.0143. The molecule has 5 heteroatoms. The van der Waals surface area contributed by atoms with Crippen LogP contribution < -0.4 is 4.90 Å². The Morgan fingerprint density at radius 1 is 1.17 bits per heavy atom. The van der Waals surface area contributed by atoms with E-state index in [-0.39, 0.29) is 17.9 Å². The number of benzene rings is 1. The SMILES string of the molecule is CC(C)C1N=C2C(c3ccc(Cl)cc3)=Cc3cccnc3N2C1=O. The van der Waals surface area contributed by atoms with Gasteiger partial charge in [-0.1, -0.05) is 37.6 Å². The Labute approximate surface area is 145 Å². The number of halogens is 1. The average Bonchev–Trinajstić information content (AvgIpc) is 2.93. The van der Waals surface area contributed by atoms with E-state index in [1.165, 1.54) is 0 Å². The van der Waals surface area contributed by atoms with Crippen LogP contribution in [0.15, 0.2) is 47.6 Å². The van der Waals surface area contributed by atoms with Crippen LogP contribution in [0.5, 0.6) is 0 Å². The summed E-state index contributed by atoms with van der Waals surface area (Å²) in [5, 5.41) is 0.679. The first-order valence-electron chi connectivity index (χ1n) is 7.91. The number of amidine groups is 1. The van der Waals surface area contributed by atoms with Gasteiger partial charge in [0.1, 0.15) is 17.7 Å². The van der Waals surface area contributed by atoms with E-state index in [2.05, 4.69) is 4.98 Å². The number of carbonyl (C=O) groups is 1. The molecule has 3 heterocycles. The lowest BCUT2D eigenvalue weighted by Crippen LogP contribution is -2.39. The predicted molar refractivity (Wildman–Crippen MR) is 97.1 cm³/mol. The molecule has 0 aliphatic carbocycles. The van der Waals surface area contributed by atoms with Crippen molar-refractivity contribution in [3.8, 4) is 0 Å². The predicted octanol–water partition coefficient (Wildman–Crippen LogP) is 4.06. The average molecular weight is 338 g/mol. The fourth-order valence-corrected chi connectivity index (χ4v) is 3.21. The van der Waals surface area contributed by atoms with Gasteiger partial charge in [-0.15, -0.1) is 0 Å². The number of hydrogen-bond donors (Lipinski definition) is 0. The number of aliphatic imine (C=N–C) groups is 1. The maximum Gasteiger partial charge on any atom is 0.259 e. The highest BCUT2D eigenvalue weighted by Crippen LogP contribution is 2.37. The van der Waals surface area contributed by atoms with E-state index in [1.54, 1.807) is 11.1 Å². The molecular formula is C19H16ClN3O. The van der Waals surface area contributed by atoms with Gasteiger partial charge in [0.2, 0.25) is 0 Å². The number of pyridine rings is 1. The minimum Gasteiger partial charge on any atom is -0.271 e. The maximum absolute atomic E-state index is 12.9. The van der Waals surface area contributed by atoms with E-state index < -0.39 is 0 Å². The third-order valence-corrected chi connectivity index (χ3v) is 4.55. The Kier molecular flexibility index (Phi) is 3.50. The topological polar surface area (TPSA) is 45.6 Å². The van der Waals surface area contributed by atoms with Crippen LogP contribution in [-0.2, 0) is 4.79 Å². The lowest BCUT2D eigenvalue weighted by molar-refractivity contribution is -0.119. The van der Waals surface area contributed by atoms with Crippen molar-refractivity contribution >= 4 is 40.8 Å². The molecule has 4 rings (SSSR count). The molecule has 0 N–H and O–H groups in total. The standard InChI is InChI=1S/C19H16ClN3O/c1-11(2)16-19(24)23-17-13(4-3-9-21-17)10-15(18(23)22-16)12-5-7-14(20)8-6-12/h3-11,16H,1-2H3. The molecule has 2 aliphatic rings. The second kappa shape index (κ2) is 5.56. The number of carbonyl (C=O) groups excluding carboxylic acids is 1. The summed E-state index contributed by atoms with van der Waals surface area (Å²) >= 11 is 6.01. The largest absolute Gasteiger partial charge is 0.271 e. The zero-order chi connectivity index (χ0) is 16.8. The molecule has 4 nitrogen and oxygen atoms in total. The van der Waals surface area contributed by atoms with E-state index in [1.807, 2.05) is 56.3 Å². The summed E-state index contributed by atoms with van der Waals surface area (Å²) in [6, 6.07) is 11.1. The van der Waals surface area contributed by atoms with Gasteiger partial charge < -0.3 is 0 Å². The minimum atomic E-state index is -0.372. The van der Waals surface area contributed by atoms with Gasteiger partial charge in [-0.25, -0.2) is 9.88 Å². The zero-order valence-corrected chi connectivity index (χ0v) is 14.2.